The van der Waals surface area contributed by atoms with E-state index in [-0.39, 0.29) is 5.57 Å². The van der Waals surface area contributed by atoms with E-state index >= 15 is 0 Å². The molecule has 94 valence electrons. The molecule has 0 aromatic rings. The third-order valence-electron chi connectivity index (χ3n) is 1.42. The second kappa shape index (κ2) is 7.01. The lowest BCUT2D eigenvalue weighted by Crippen LogP contribution is -2.08. The first-order valence-electron chi connectivity index (χ1n) is 4.19. The van der Waals surface area contributed by atoms with Crippen LogP contribution in [0.15, 0.2) is 24.2 Å². The molecule has 8 nitrogen and oxygen atoms in total. The fourth-order valence-electron chi connectivity index (χ4n) is 0.667. The molecule has 8 heteroatoms. The molecule has 0 heterocycles. The van der Waals surface area contributed by atoms with Crippen LogP contribution in [-0.2, 0) is 24.0 Å². The Balaban J connectivity index is 4.28. The Kier molecular flexibility index (Phi) is 6.04. The monoisotopic (exact) mass is 246 g/mol. The Bertz CT molecular complexity index is 367. The van der Waals surface area contributed by atoms with Gasteiger partial charge in [-0.15, -0.1) is 0 Å². The number of hydrogen-bond donors (Lipinski definition) is 3. The first kappa shape index (κ1) is 14.7. The zero-order valence-corrected chi connectivity index (χ0v) is 8.58. The number of hydrogen-bond acceptors (Lipinski definition) is 6. The van der Waals surface area contributed by atoms with Crippen molar-refractivity contribution >= 4 is 17.9 Å². The summed E-state index contributed by atoms with van der Waals surface area (Å²) in [6, 6.07) is 0. The molecule has 0 radical (unpaired) electrons. The van der Waals surface area contributed by atoms with E-state index < -0.39 is 36.5 Å². The molecule has 0 aromatic heterocycles. The van der Waals surface area contributed by atoms with Crippen molar-refractivity contribution in [2.24, 2.45) is 0 Å². The molecule has 0 atom stereocenters. The van der Waals surface area contributed by atoms with Gasteiger partial charge in [-0.1, -0.05) is 6.58 Å². The van der Waals surface area contributed by atoms with Gasteiger partial charge >= 0.3 is 17.9 Å². The van der Waals surface area contributed by atoms with Crippen LogP contribution >= 0.6 is 0 Å². The van der Waals surface area contributed by atoms with Crippen LogP contribution in [-0.4, -0.2) is 33.4 Å². The van der Waals surface area contributed by atoms with E-state index in [0.29, 0.717) is 6.26 Å². The van der Waals surface area contributed by atoms with Crippen LogP contribution in [0.1, 0.15) is 12.8 Å². The van der Waals surface area contributed by atoms with Gasteiger partial charge in [-0.25, -0.2) is 10.1 Å². The summed E-state index contributed by atoms with van der Waals surface area (Å²) in [5.74, 6) is -4.14. The Morgan fingerprint density at radius 2 is 1.76 bits per heavy atom. The van der Waals surface area contributed by atoms with Crippen LogP contribution in [0, 0.1) is 0 Å². The maximum absolute atomic E-state index is 11.0. The Labute approximate surface area is 95.3 Å². The number of carboxylic acid groups (broad SMARTS) is 2. The van der Waals surface area contributed by atoms with Crippen LogP contribution < -0.4 is 0 Å². The first-order valence-corrected chi connectivity index (χ1v) is 4.19. The minimum atomic E-state index is -1.35. The first-order chi connectivity index (χ1) is 7.86. The lowest BCUT2D eigenvalue weighted by atomic mass is 10.2. The molecule has 0 rings (SSSR count). The zero-order valence-electron chi connectivity index (χ0n) is 8.58. The Morgan fingerprint density at radius 1 is 1.18 bits per heavy atom. The molecule has 0 aliphatic rings. The van der Waals surface area contributed by atoms with Crippen molar-refractivity contribution in [2.75, 3.05) is 0 Å². The largest absolute Gasteiger partial charge is 0.481 e. The fraction of sp³-hybridized carbons (Fsp3) is 0.222. The summed E-state index contributed by atoms with van der Waals surface area (Å²) in [5, 5.41) is 25.0. The van der Waals surface area contributed by atoms with Gasteiger partial charge in [0.15, 0.2) is 5.76 Å². The summed E-state index contributed by atoms with van der Waals surface area (Å²) in [6.45, 7) is 3.09. The summed E-state index contributed by atoms with van der Waals surface area (Å²) in [6.07, 6.45) is -0.688. The van der Waals surface area contributed by atoms with Gasteiger partial charge in [0.2, 0.25) is 0 Å². The van der Waals surface area contributed by atoms with Crippen molar-refractivity contribution in [1.29, 1.82) is 0 Å². The lowest BCUT2D eigenvalue weighted by molar-refractivity contribution is -0.209. The van der Waals surface area contributed by atoms with E-state index in [1.165, 1.54) is 0 Å². The van der Waals surface area contributed by atoms with E-state index in [2.05, 4.69) is 16.2 Å². The molecule has 0 aliphatic carbocycles. The predicted octanol–water partition coefficient (Wildman–Crippen LogP) is 0.366. The highest BCUT2D eigenvalue weighted by molar-refractivity contribution is 5.91. The van der Waals surface area contributed by atoms with Crippen molar-refractivity contribution in [3.05, 3.63) is 24.2 Å². The maximum atomic E-state index is 11.0. The van der Waals surface area contributed by atoms with E-state index in [0.717, 1.165) is 0 Å². The topological polar surface area (TPSA) is 130 Å². The molecule has 0 spiro atoms. The quantitative estimate of drug-likeness (QED) is 0.193. The number of ether oxygens (including phenoxy) is 1. The normalized spacial score (nSPS) is 10.5. The summed E-state index contributed by atoms with van der Waals surface area (Å²) < 4.78 is 4.34. The van der Waals surface area contributed by atoms with Gasteiger partial charge in [-0.3, -0.25) is 9.59 Å². The molecule has 0 saturated carbocycles. The summed E-state index contributed by atoms with van der Waals surface area (Å²) in [4.78, 5) is 35.1. The lowest BCUT2D eigenvalue weighted by Gasteiger charge is -2.02. The summed E-state index contributed by atoms with van der Waals surface area (Å²) in [5.41, 5.74) is -0.381. The van der Waals surface area contributed by atoms with E-state index in [1.54, 1.807) is 0 Å². The van der Waals surface area contributed by atoms with Gasteiger partial charge in [0, 0.05) is 5.57 Å². The van der Waals surface area contributed by atoms with Crippen molar-refractivity contribution in [3.8, 4) is 0 Å². The van der Waals surface area contributed by atoms with Crippen LogP contribution in [0.2, 0.25) is 0 Å². The highest BCUT2D eigenvalue weighted by Gasteiger charge is 2.12. The zero-order chi connectivity index (χ0) is 13.4. The molecular formula is C9H10O8. The molecule has 0 bridgehead atoms. The highest BCUT2D eigenvalue weighted by Crippen LogP contribution is 2.05. The van der Waals surface area contributed by atoms with Crippen LogP contribution in [0.4, 0.5) is 0 Å². The van der Waals surface area contributed by atoms with E-state index in [9.17, 15) is 14.4 Å². The second-order valence-corrected chi connectivity index (χ2v) is 2.82. The highest BCUT2D eigenvalue weighted by atomic mass is 17.1. The average molecular weight is 246 g/mol. The Morgan fingerprint density at radius 3 is 2.18 bits per heavy atom. The molecule has 0 aromatic carbocycles. The van der Waals surface area contributed by atoms with E-state index in [4.69, 9.17) is 15.5 Å². The number of aliphatic carboxylic acids is 2. The van der Waals surface area contributed by atoms with Crippen LogP contribution in [0.5, 0.6) is 0 Å². The predicted molar refractivity (Wildman–Crippen MR) is 51.5 cm³/mol. The van der Waals surface area contributed by atoms with Crippen LogP contribution in [0.3, 0.4) is 0 Å². The molecule has 17 heavy (non-hydrogen) atoms. The van der Waals surface area contributed by atoms with Gasteiger partial charge < -0.3 is 19.8 Å². The van der Waals surface area contributed by atoms with Crippen molar-refractivity contribution in [3.63, 3.8) is 0 Å². The molecule has 0 saturated heterocycles. The minimum Gasteiger partial charge on any atom is -0.481 e. The SMILES string of the molecule is C=C(CC(=O)O/C=C(/CC(=O)O)OO)C(=O)O. The molecule has 0 aliphatic heterocycles. The standard InChI is InChI=1S/C9H10O8/c1-5(9(13)14)2-8(12)16-4-6(17-15)3-7(10)11/h4,15H,1-3H2,(H,10,11)(H,13,14)/b6-4-. The van der Waals surface area contributed by atoms with Crippen molar-refractivity contribution in [2.45, 2.75) is 12.8 Å². The van der Waals surface area contributed by atoms with Gasteiger partial charge in [0.05, 0.1) is 6.42 Å². The second-order valence-electron chi connectivity index (χ2n) is 2.82. The van der Waals surface area contributed by atoms with Gasteiger partial charge in [-0.05, 0) is 0 Å². The third-order valence-corrected chi connectivity index (χ3v) is 1.42. The van der Waals surface area contributed by atoms with Crippen molar-refractivity contribution < 1.29 is 39.5 Å². The third kappa shape index (κ3) is 6.68. The van der Waals surface area contributed by atoms with Crippen molar-refractivity contribution in [1.82, 2.24) is 0 Å². The average Bonchev–Trinajstić information content (AvgIpc) is 2.23. The van der Waals surface area contributed by atoms with Gasteiger partial charge in [-0.2, -0.15) is 0 Å². The Hall–Kier alpha value is -2.35. The van der Waals surface area contributed by atoms with Crippen LogP contribution in [0.25, 0.3) is 0 Å². The van der Waals surface area contributed by atoms with Gasteiger partial charge in [0.25, 0.3) is 0 Å². The summed E-state index contributed by atoms with van der Waals surface area (Å²) >= 11 is 0. The number of carbonyl (C=O) groups excluding carboxylic acids is 1. The smallest absolute Gasteiger partial charge is 0.331 e. The number of carboxylic acids is 2. The van der Waals surface area contributed by atoms with E-state index in [1.807, 2.05) is 0 Å². The molecular weight excluding hydrogens is 236 g/mol. The number of rotatable bonds is 7. The summed E-state index contributed by atoms with van der Waals surface area (Å²) in [7, 11) is 0. The fourth-order valence-corrected chi connectivity index (χ4v) is 0.667. The molecule has 0 amide bonds. The number of carbonyl (C=O) groups is 3. The maximum Gasteiger partial charge on any atom is 0.331 e. The molecule has 0 unspecified atom stereocenters. The molecule has 0 fully saturated rings. The number of esters is 1. The van der Waals surface area contributed by atoms with Gasteiger partial charge in [0.1, 0.15) is 12.7 Å². The molecule has 3 N–H and O–H groups in total. The minimum absolute atomic E-state index is 0.381.